The maximum absolute atomic E-state index is 13.9. The molecule has 3 N–H and O–H groups in total. The molecule has 0 fully saturated rings. The maximum Gasteiger partial charge on any atom is 0.220 e. The largest absolute Gasteiger partial charge is 0.358 e. The fraction of sp³-hybridized carbons (Fsp3) is 0.368. The van der Waals surface area contributed by atoms with Crippen LogP contribution in [0.15, 0.2) is 24.5 Å². The van der Waals surface area contributed by atoms with E-state index in [1.54, 1.807) is 12.3 Å². The van der Waals surface area contributed by atoms with Gasteiger partial charge in [-0.3, -0.25) is 9.89 Å². The first-order valence-electron chi connectivity index (χ1n) is 8.62. The zero-order chi connectivity index (χ0) is 17.8. The number of H-pyrrole nitrogens is 2. The number of carbonyl (C=O) groups is 1. The van der Waals surface area contributed by atoms with Gasteiger partial charge < -0.3 is 10.3 Å². The molecule has 3 aromatic rings. The third kappa shape index (κ3) is 3.90. The summed E-state index contributed by atoms with van der Waals surface area (Å²) in [6, 6.07) is 3.04. The summed E-state index contributed by atoms with van der Waals surface area (Å²) in [6.45, 7) is 4.38. The monoisotopic (exact) mass is 342 g/mol. The zero-order valence-corrected chi connectivity index (χ0v) is 14.6. The lowest BCUT2D eigenvalue weighted by Crippen LogP contribution is -2.22. The van der Waals surface area contributed by atoms with Crippen molar-refractivity contribution in [2.75, 3.05) is 0 Å². The van der Waals surface area contributed by atoms with Crippen molar-refractivity contribution in [3.63, 3.8) is 0 Å². The van der Waals surface area contributed by atoms with Gasteiger partial charge >= 0.3 is 0 Å². The summed E-state index contributed by atoms with van der Waals surface area (Å²) in [5.74, 6) is -0.304. The molecule has 0 saturated heterocycles. The highest BCUT2D eigenvalue weighted by molar-refractivity contribution is 5.87. The molecule has 132 valence electrons. The zero-order valence-electron chi connectivity index (χ0n) is 14.6. The summed E-state index contributed by atoms with van der Waals surface area (Å²) < 4.78 is 13.9. The lowest BCUT2D eigenvalue weighted by molar-refractivity contribution is -0.121. The fourth-order valence-corrected chi connectivity index (χ4v) is 3.16. The minimum absolute atomic E-state index is 0.0279. The highest BCUT2D eigenvalue weighted by atomic mass is 19.1. The number of fused-ring (bicyclic) bond motifs is 1. The van der Waals surface area contributed by atoms with Gasteiger partial charge in [-0.1, -0.05) is 6.92 Å². The van der Waals surface area contributed by atoms with Crippen molar-refractivity contribution in [1.29, 1.82) is 0 Å². The van der Waals surface area contributed by atoms with Gasteiger partial charge in [0, 0.05) is 30.2 Å². The van der Waals surface area contributed by atoms with E-state index in [1.165, 1.54) is 6.07 Å². The van der Waals surface area contributed by atoms with Crippen molar-refractivity contribution in [3.05, 3.63) is 52.7 Å². The van der Waals surface area contributed by atoms with Crippen LogP contribution in [0.1, 0.15) is 42.1 Å². The molecule has 0 radical (unpaired) electrons. The van der Waals surface area contributed by atoms with E-state index >= 15 is 0 Å². The first-order valence-corrected chi connectivity index (χ1v) is 8.62. The summed E-state index contributed by atoms with van der Waals surface area (Å²) in [5, 5.41) is 10.4. The summed E-state index contributed by atoms with van der Waals surface area (Å²) in [6.07, 6.45) is 6.46. The third-order valence-corrected chi connectivity index (χ3v) is 4.57. The number of aromatic amines is 2. The molecule has 0 unspecified atom stereocenters. The lowest BCUT2D eigenvalue weighted by atomic mass is 10.1. The number of aryl methyl sites for hydroxylation is 3. The normalized spacial score (nSPS) is 11.2. The maximum atomic E-state index is 13.9. The van der Waals surface area contributed by atoms with E-state index in [0.717, 1.165) is 52.5 Å². The van der Waals surface area contributed by atoms with Crippen LogP contribution in [0.2, 0.25) is 0 Å². The lowest BCUT2D eigenvalue weighted by Gasteiger charge is -2.07. The molecule has 2 heterocycles. The number of nitrogens with zero attached hydrogens (tertiary/aromatic N) is 1. The molecule has 0 saturated carbocycles. The Morgan fingerprint density at radius 1 is 1.36 bits per heavy atom. The SMILES string of the molecule is CCc1[nH]c2c(CNC(=O)CCCc3cn[nH]c3)cc(F)cc2c1C. The predicted octanol–water partition coefficient (Wildman–Crippen LogP) is 3.54. The number of hydrogen-bond acceptors (Lipinski definition) is 2. The molecule has 6 heteroatoms. The van der Waals surface area contributed by atoms with E-state index in [4.69, 9.17) is 0 Å². The number of carbonyl (C=O) groups excluding carboxylic acids is 1. The van der Waals surface area contributed by atoms with Crippen LogP contribution < -0.4 is 5.32 Å². The van der Waals surface area contributed by atoms with Crippen molar-refractivity contribution in [2.24, 2.45) is 0 Å². The highest BCUT2D eigenvalue weighted by Crippen LogP contribution is 2.26. The summed E-state index contributed by atoms with van der Waals surface area (Å²) in [5.41, 5.74) is 4.96. The fourth-order valence-electron chi connectivity index (χ4n) is 3.16. The van der Waals surface area contributed by atoms with E-state index in [1.807, 2.05) is 13.1 Å². The standard InChI is InChI=1S/C19H23FN4O/c1-3-17-12(2)16-8-15(20)7-14(19(16)24-17)11-21-18(25)6-4-5-13-9-22-23-10-13/h7-10,24H,3-6,11H2,1-2H3,(H,21,25)(H,22,23). The van der Waals surface area contributed by atoms with E-state index in [-0.39, 0.29) is 11.7 Å². The molecular weight excluding hydrogens is 319 g/mol. The van der Waals surface area contributed by atoms with Gasteiger partial charge in [0.15, 0.2) is 0 Å². The number of aromatic nitrogens is 3. The minimum Gasteiger partial charge on any atom is -0.358 e. The number of benzene rings is 1. The molecule has 0 atom stereocenters. The summed E-state index contributed by atoms with van der Waals surface area (Å²) >= 11 is 0. The van der Waals surface area contributed by atoms with Crippen LogP contribution in [0.3, 0.4) is 0 Å². The van der Waals surface area contributed by atoms with E-state index in [2.05, 4.69) is 27.4 Å². The third-order valence-electron chi connectivity index (χ3n) is 4.57. The summed E-state index contributed by atoms with van der Waals surface area (Å²) in [4.78, 5) is 15.4. The molecule has 2 aromatic heterocycles. The molecule has 1 aromatic carbocycles. The van der Waals surface area contributed by atoms with Gasteiger partial charge in [0.1, 0.15) is 5.82 Å². The Hall–Kier alpha value is -2.63. The highest BCUT2D eigenvalue weighted by Gasteiger charge is 2.12. The van der Waals surface area contributed by atoms with Crippen molar-refractivity contribution in [2.45, 2.75) is 46.1 Å². The molecule has 0 bridgehead atoms. The van der Waals surface area contributed by atoms with E-state index in [0.29, 0.717) is 13.0 Å². The second-order valence-electron chi connectivity index (χ2n) is 6.31. The van der Waals surface area contributed by atoms with Gasteiger partial charge in [0.05, 0.1) is 11.7 Å². The Bertz CT molecular complexity index is 867. The van der Waals surface area contributed by atoms with Crippen molar-refractivity contribution in [1.82, 2.24) is 20.5 Å². The molecule has 5 nitrogen and oxygen atoms in total. The predicted molar refractivity (Wildman–Crippen MR) is 95.7 cm³/mol. The molecule has 0 aliphatic carbocycles. The number of halogens is 1. The van der Waals surface area contributed by atoms with Gasteiger partial charge in [0.25, 0.3) is 0 Å². The molecule has 0 aliphatic rings. The number of amides is 1. The first kappa shape index (κ1) is 17.2. The van der Waals surface area contributed by atoms with Crippen LogP contribution in [0.25, 0.3) is 10.9 Å². The molecule has 3 rings (SSSR count). The number of nitrogens with one attached hydrogen (secondary N) is 3. The Morgan fingerprint density at radius 2 is 2.20 bits per heavy atom. The molecule has 25 heavy (non-hydrogen) atoms. The van der Waals surface area contributed by atoms with Crippen LogP contribution in [-0.4, -0.2) is 21.1 Å². The van der Waals surface area contributed by atoms with Gasteiger partial charge in [0.2, 0.25) is 5.91 Å². The molecule has 0 spiro atoms. The quantitative estimate of drug-likeness (QED) is 0.614. The topological polar surface area (TPSA) is 73.6 Å². The molecule has 1 amide bonds. The average molecular weight is 342 g/mol. The summed E-state index contributed by atoms with van der Waals surface area (Å²) in [7, 11) is 0. The van der Waals surface area contributed by atoms with Crippen molar-refractivity contribution >= 4 is 16.8 Å². The van der Waals surface area contributed by atoms with Gasteiger partial charge in [-0.25, -0.2) is 4.39 Å². The number of rotatable bonds is 7. The van der Waals surface area contributed by atoms with Crippen molar-refractivity contribution in [3.8, 4) is 0 Å². The Balaban J connectivity index is 1.63. The Morgan fingerprint density at radius 3 is 2.92 bits per heavy atom. The van der Waals surface area contributed by atoms with Gasteiger partial charge in [-0.15, -0.1) is 0 Å². The van der Waals surface area contributed by atoms with Crippen LogP contribution in [0.5, 0.6) is 0 Å². The minimum atomic E-state index is -0.276. The van der Waals surface area contributed by atoms with E-state index < -0.39 is 0 Å². The van der Waals surface area contributed by atoms with Crippen molar-refractivity contribution < 1.29 is 9.18 Å². The Kier molecular flexibility index (Phi) is 5.16. The smallest absolute Gasteiger partial charge is 0.220 e. The Labute approximate surface area is 146 Å². The number of hydrogen-bond donors (Lipinski definition) is 3. The first-order chi connectivity index (χ1) is 12.1. The van der Waals surface area contributed by atoms with Crippen LogP contribution in [0.4, 0.5) is 4.39 Å². The van der Waals surface area contributed by atoms with Crippen LogP contribution in [-0.2, 0) is 24.2 Å². The van der Waals surface area contributed by atoms with Crippen LogP contribution >= 0.6 is 0 Å². The average Bonchev–Trinajstić information content (AvgIpc) is 3.21. The second-order valence-corrected chi connectivity index (χ2v) is 6.31. The van der Waals surface area contributed by atoms with Gasteiger partial charge in [-0.05, 0) is 55.0 Å². The molecule has 0 aliphatic heterocycles. The second kappa shape index (κ2) is 7.51. The van der Waals surface area contributed by atoms with Gasteiger partial charge in [-0.2, -0.15) is 5.10 Å². The van der Waals surface area contributed by atoms with Crippen LogP contribution in [0, 0.1) is 12.7 Å². The molecular formula is C19H23FN4O. The van der Waals surface area contributed by atoms with E-state index in [9.17, 15) is 9.18 Å².